The second kappa shape index (κ2) is 7.46. The van der Waals surface area contributed by atoms with Gasteiger partial charge in [0.05, 0.1) is 6.61 Å². The SMILES string of the molecule is CC(C)(C)NCc1ccc(OCCCCO)c(F)c1. The second-order valence-electron chi connectivity index (χ2n) is 5.65. The summed E-state index contributed by atoms with van der Waals surface area (Å²) in [6.45, 7) is 7.41. The number of benzene rings is 1. The van der Waals surface area contributed by atoms with E-state index in [0.717, 1.165) is 12.0 Å². The van der Waals surface area contributed by atoms with E-state index in [1.165, 1.54) is 6.07 Å². The number of nitrogens with one attached hydrogen (secondary N) is 1. The summed E-state index contributed by atoms with van der Waals surface area (Å²) in [4.78, 5) is 0. The Hall–Kier alpha value is -1.13. The van der Waals surface area contributed by atoms with Gasteiger partial charge in [0.1, 0.15) is 0 Å². The van der Waals surface area contributed by atoms with Crippen LogP contribution < -0.4 is 10.1 Å². The highest BCUT2D eigenvalue weighted by Gasteiger charge is 2.10. The van der Waals surface area contributed by atoms with Crippen LogP contribution in [0.4, 0.5) is 4.39 Å². The Balaban J connectivity index is 2.49. The lowest BCUT2D eigenvalue weighted by Crippen LogP contribution is -2.35. The molecule has 0 heterocycles. The minimum Gasteiger partial charge on any atom is -0.491 e. The molecule has 0 aliphatic rings. The van der Waals surface area contributed by atoms with E-state index in [-0.39, 0.29) is 23.7 Å². The Morgan fingerprint density at radius 3 is 2.58 bits per heavy atom. The zero-order valence-corrected chi connectivity index (χ0v) is 12.0. The molecule has 0 spiro atoms. The molecule has 0 radical (unpaired) electrons. The van der Waals surface area contributed by atoms with Crippen LogP contribution in [-0.4, -0.2) is 23.9 Å². The third-order valence-electron chi connectivity index (χ3n) is 2.63. The number of aliphatic hydroxyl groups excluding tert-OH is 1. The minimum absolute atomic E-state index is 0.00986. The molecule has 0 aliphatic heterocycles. The average molecular weight is 269 g/mol. The summed E-state index contributed by atoms with van der Waals surface area (Å²) in [6.07, 6.45) is 1.40. The Labute approximate surface area is 114 Å². The summed E-state index contributed by atoms with van der Waals surface area (Å²) in [7, 11) is 0. The number of unbranched alkanes of at least 4 members (excludes halogenated alkanes) is 1. The van der Waals surface area contributed by atoms with Crippen molar-refractivity contribution in [2.45, 2.75) is 45.7 Å². The van der Waals surface area contributed by atoms with Crippen molar-refractivity contribution in [3.05, 3.63) is 29.6 Å². The van der Waals surface area contributed by atoms with E-state index >= 15 is 0 Å². The maximum atomic E-state index is 13.8. The number of hydrogen-bond acceptors (Lipinski definition) is 3. The molecule has 2 N–H and O–H groups in total. The number of hydrogen-bond donors (Lipinski definition) is 2. The fourth-order valence-electron chi connectivity index (χ4n) is 1.53. The normalized spacial score (nSPS) is 11.6. The second-order valence-corrected chi connectivity index (χ2v) is 5.65. The summed E-state index contributed by atoms with van der Waals surface area (Å²) in [5.74, 6) is -0.0605. The molecule has 3 nitrogen and oxygen atoms in total. The minimum atomic E-state index is -0.336. The summed E-state index contributed by atoms with van der Waals surface area (Å²) < 4.78 is 19.1. The maximum Gasteiger partial charge on any atom is 0.165 e. The smallest absolute Gasteiger partial charge is 0.165 e. The molecule has 0 aromatic heterocycles. The van der Waals surface area contributed by atoms with E-state index in [1.807, 2.05) is 6.07 Å². The molecular weight excluding hydrogens is 245 g/mol. The van der Waals surface area contributed by atoms with Gasteiger partial charge in [-0.05, 0) is 51.3 Å². The van der Waals surface area contributed by atoms with Gasteiger partial charge in [0.2, 0.25) is 0 Å². The molecule has 0 bridgehead atoms. The fourth-order valence-corrected chi connectivity index (χ4v) is 1.53. The molecule has 1 aromatic rings. The van der Waals surface area contributed by atoms with Crippen LogP contribution >= 0.6 is 0 Å². The van der Waals surface area contributed by atoms with E-state index in [2.05, 4.69) is 26.1 Å². The highest BCUT2D eigenvalue weighted by atomic mass is 19.1. The summed E-state index contributed by atoms with van der Waals surface area (Å²) in [6, 6.07) is 5.03. The predicted octanol–water partition coefficient (Wildman–Crippen LogP) is 2.87. The highest BCUT2D eigenvalue weighted by molar-refractivity contribution is 5.29. The van der Waals surface area contributed by atoms with Crippen LogP contribution in [0.15, 0.2) is 18.2 Å². The molecule has 19 heavy (non-hydrogen) atoms. The molecule has 0 amide bonds. The Kier molecular flexibility index (Phi) is 6.25. The van der Waals surface area contributed by atoms with Gasteiger partial charge in [-0.15, -0.1) is 0 Å². The average Bonchev–Trinajstić information content (AvgIpc) is 2.33. The van der Waals surface area contributed by atoms with E-state index in [0.29, 0.717) is 19.6 Å². The highest BCUT2D eigenvalue weighted by Crippen LogP contribution is 2.19. The third-order valence-corrected chi connectivity index (χ3v) is 2.63. The van der Waals surface area contributed by atoms with Crippen LogP contribution in [0.3, 0.4) is 0 Å². The van der Waals surface area contributed by atoms with E-state index in [1.54, 1.807) is 6.07 Å². The van der Waals surface area contributed by atoms with Crippen LogP contribution in [0.25, 0.3) is 0 Å². The molecule has 0 fully saturated rings. The van der Waals surface area contributed by atoms with Crippen LogP contribution in [0.1, 0.15) is 39.2 Å². The Bertz CT molecular complexity index is 388. The summed E-state index contributed by atoms with van der Waals surface area (Å²) in [5, 5.41) is 12.0. The molecule has 1 rings (SSSR count). The molecule has 0 atom stereocenters. The molecule has 0 saturated carbocycles. The topological polar surface area (TPSA) is 41.5 Å². The van der Waals surface area contributed by atoms with Crippen molar-refractivity contribution in [1.29, 1.82) is 0 Å². The lowest BCUT2D eigenvalue weighted by Gasteiger charge is -2.20. The zero-order valence-electron chi connectivity index (χ0n) is 12.0. The van der Waals surface area contributed by atoms with Crippen molar-refractivity contribution < 1.29 is 14.2 Å². The van der Waals surface area contributed by atoms with Gasteiger partial charge in [-0.25, -0.2) is 4.39 Å². The quantitative estimate of drug-likeness (QED) is 0.748. The summed E-state index contributed by atoms with van der Waals surface area (Å²) >= 11 is 0. The van der Waals surface area contributed by atoms with Crippen molar-refractivity contribution in [3.63, 3.8) is 0 Å². The molecule has 108 valence electrons. The standard InChI is InChI=1S/C15H24FNO2/c1-15(2,3)17-11-12-6-7-14(13(16)10-12)19-9-5-4-8-18/h6-7,10,17-18H,4-5,8-9,11H2,1-3H3. The molecule has 4 heteroatoms. The van der Waals surface area contributed by atoms with Crippen molar-refractivity contribution >= 4 is 0 Å². The largest absolute Gasteiger partial charge is 0.491 e. The first-order valence-corrected chi connectivity index (χ1v) is 6.69. The zero-order chi connectivity index (χ0) is 14.3. The van der Waals surface area contributed by atoms with Crippen LogP contribution in [-0.2, 0) is 6.54 Å². The van der Waals surface area contributed by atoms with Gasteiger partial charge >= 0.3 is 0 Å². The molecule has 0 aliphatic carbocycles. The van der Waals surface area contributed by atoms with Gasteiger partial charge in [-0.3, -0.25) is 0 Å². The first-order valence-electron chi connectivity index (χ1n) is 6.69. The van der Waals surface area contributed by atoms with Crippen molar-refractivity contribution in [1.82, 2.24) is 5.32 Å². The number of rotatable bonds is 7. The van der Waals surface area contributed by atoms with Gasteiger partial charge in [0.15, 0.2) is 11.6 Å². The maximum absolute atomic E-state index is 13.8. The van der Waals surface area contributed by atoms with Gasteiger partial charge in [-0.2, -0.15) is 0 Å². The number of halogens is 1. The van der Waals surface area contributed by atoms with E-state index in [4.69, 9.17) is 9.84 Å². The lowest BCUT2D eigenvalue weighted by atomic mass is 10.1. The van der Waals surface area contributed by atoms with E-state index in [9.17, 15) is 4.39 Å². The fraction of sp³-hybridized carbons (Fsp3) is 0.600. The number of aliphatic hydroxyl groups is 1. The molecular formula is C15H24FNO2. The van der Waals surface area contributed by atoms with Gasteiger partial charge in [0, 0.05) is 18.7 Å². The van der Waals surface area contributed by atoms with Crippen molar-refractivity contribution in [3.8, 4) is 5.75 Å². The van der Waals surface area contributed by atoms with Gasteiger partial charge in [0.25, 0.3) is 0 Å². The van der Waals surface area contributed by atoms with Gasteiger partial charge in [-0.1, -0.05) is 6.07 Å². The van der Waals surface area contributed by atoms with Crippen LogP contribution in [0.5, 0.6) is 5.75 Å². The number of ether oxygens (including phenoxy) is 1. The first kappa shape index (κ1) is 15.9. The van der Waals surface area contributed by atoms with Gasteiger partial charge < -0.3 is 15.2 Å². The molecule has 0 saturated heterocycles. The first-order chi connectivity index (χ1) is 8.92. The monoisotopic (exact) mass is 269 g/mol. The Morgan fingerprint density at radius 1 is 1.26 bits per heavy atom. The van der Waals surface area contributed by atoms with E-state index < -0.39 is 0 Å². The summed E-state index contributed by atoms with van der Waals surface area (Å²) in [5.41, 5.74) is 0.908. The van der Waals surface area contributed by atoms with Crippen LogP contribution in [0.2, 0.25) is 0 Å². The molecule has 0 unspecified atom stereocenters. The van der Waals surface area contributed by atoms with Crippen molar-refractivity contribution in [2.24, 2.45) is 0 Å². The van der Waals surface area contributed by atoms with Crippen molar-refractivity contribution in [2.75, 3.05) is 13.2 Å². The van der Waals surface area contributed by atoms with Crippen LogP contribution in [0, 0.1) is 5.82 Å². The third kappa shape index (κ3) is 6.55. The Morgan fingerprint density at radius 2 is 2.00 bits per heavy atom. The molecule has 1 aromatic carbocycles. The predicted molar refractivity (Wildman–Crippen MR) is 74.8 cm³/mol. The lowest BCUT2D eigenvalue weighted by molar-refractivity contribution is 0.248.